The Bertz CT molecular complexity index is 202. The van der Waals surface area contributed by atoms with Gasteiger partial charge >= 0.3 is 5.97 Å². The van der Waals surface area contributed by atoms with E-state index in [9.17, 15) is 9.90 Å². The average Bonchev–Trinajstić information content (AvgIpc) is 2.23. The molecule has 0 aliphatic carbocycles. The monoisotopic (exact) mass is 233 g/mol. The Morgan fingerprint density at radius 1 is 1.12 bits per heavy atom. The molecule has 0 saturated carbocycles. The summed E-state index contributed by atoms with van der Waals surface area (Å²) in [7, 11) is 0. The number of carboxylic acids is 1. The molecule has 3 atom stereocenters. The highest BCUT2D eigenvalue weighted by Gasteiger charge is 2.14. The van der Waals surface area contributed by atoms with Crippen LogP contribution in [-0.4, -0.2) is 40.9 Å². The molecule has 2 unspecified atom stereocenters. The van der Waals surface area contributed by atoms with Gasteiger partial charge in [-0.3, -0.25) is 4.79 Å². The third kappa shape index (κ3) is 6.73. The highest BCUT2D eigenvalue weighted by molar-refractivity contribution is 5.72. The number of carbonyl (C=O) groups is 1. The lowest BCUT2D eigenvalue weighted by atomic mass is 10.0. The zero-order chi connectivity index (χ0) is 12.6. The minimum atomic E-state index is -0.979. The lowest BCUT2D eigenvalue weighted by molar-refractivity contribution is -0.138. The van der Waals surface area contributed by atoms with E-state index in [4.69, 9.17) is 22.3 Å². The van der Waals surface area contributed by atoms with Crippen molar-refractivity contribution in [3.8, 4) is 0 Å². The van der Waals surface area contributed by atoms with Gasteiger partial charge in [0.2, 0.25) is 0 Å². The van der Waals surface area contributed by atoms with Gasteiger partial charge in [-0.05, 0) is 25.8 Å². The van der Waals surface area contributed by atoms with Crippen LogP contribution in [0.3, 0.4) is 0 Å². The fourth-order valence-electron chi connectivity index (χ4n) is 1.44. The predicted octanol–water partition coefficient (Wildman–Crippen LogP) is -1.00. The normalized spacial score (nSPS) is 16.8. The fourth-order valence-corrected chi connectivity index (χ4v) is 1.44. The highest BCUT2D eigenvalue weighted by Crippen LogP contribution is 2.08. The number of aliphatic carboxylic acids is 1. The highest BCUT2D eigenvalue weighted by atomic mass is 16.4. The van der Waals surface area contributed by atoms with Gasteiger partial charge in [-0.2, -0.15) is 0 Å². The minimum Gasteiger partial charge on any atom is -0.480 e. The predicted molar refractivity (Wildman–Crippen MR) is 61.7 cm³/mol. The molecule has 0 aliphatic rings. The van der Waals surface area contributed by atoms with Crippen LogP contribution in [0.15, 0.2) is 0 Å². The van der Waals surface area contributed by atoms with E-state index >= 15 is 0 Å². The number of hydrogen-bond acceptors (Lipinski definition) is 5. The summed E-state index contributed by atoms with van der Waals surface area (Å²) in [5, 5.41) is 18.0. The number of hydrogen-bond donors (Lipinski definition) is 5. The number of nitrogens with two attached hydrogens (primary N) is 3. The Labute approximate surface area is 95.8 Å². The van der Waals surface area contributed by atoms with Crippen molar-refractivity contribution in [3.63, 3.8) is 0 Å². The number of aliphatic hydroxyl groups is 1. The van der Waals surface area contributed by atoms with Crippen molar-refractivity contribution in [1.82, 2.24) is 0 Å². The molecule has 0 rings (SSSR count). The van der Waals surface area contributed by atoms with Gasteiger partial charge in [0.25, 0.3) is 0 Å². The molecule has 0 spiro atoms. The molecule has 96 valence electrons. The molecular weight excluding hydrogens is 210 g/mol. The molecule has 0 heterocycles. The maximum absolute atomic E-state index is 10.4. The molecule has 0 aliphatic heterocycles. The molecule has 16 heavy (non-hydrogen) atoms. The van der Waals surface area contributed by atoms with Crippen LogP contribution in [-0.2, 0) is 4.79 Å². The molecule has 0 bridgehead atoms. The largest absolute Gasteiger partial charge is 0.480 e. The Balaban J connectivity index is 3.54. The maximum atomic E-state index is 10.4. The number of carboxylic acid groups (broad SMARTS) is 1. The van der Waals surface area contributed by atoms with Crippen molar-refractivity contribution in [2.24, 2.45) is 17.2 Å². The molecule has 0 fully saturated rings. The molecule has 0 saturated heterocycles. The summed E-state index contributed by atoms with van der Waals surface area (Å²) >= 11 is 0. The van der Waals surface area contributed by atoms with Crippen LogP contribution in [0.2, 0.25) is 0 Å². The van der Waals surface area contributed by atoms with Crippen LogP contribution < -0.4 is 17.2 Å². The first-order valence-electron chi connectivity index (χ1n) is 5.61. The fraction of sp³-hybridized carbons (Fsp3) is 0.900. The molecule has 6 heteroatoms. The lowest BCUT2D eigenvalue weighted by Crippen LogP contribution is -2.36. The lowest BCUT2D eigenvalue weighted by Gasteiger charge is -2.18. The summed E-state index contributed by atoms with van der Waals surface area (Å²) < 4.78 is 0. The molecular formula is C10H23N3O3. The van der Waals surface area contributed by atoms with Crippen LogP contribution >= 0.6 is 0 Å². The molecule has 8 N–H and O–H groups in total. The van der Waals surface area contributed by atoms with Crippen molar-refractivity contribution in [2.45, 2.75) is 50.3 Å². The standard InChI is InChI=1S/C10H23N3O3/c11-6-5-9(14)7(12)3-1-2-4-8(13)10(15)16/h7-9,14H,1-6,11-13H2,(H,15,16)/t7?,8-,9?/m1/s1. The smallest absolute Gasteiger partial charge is 0.320 e. The van der Waals surface area contributed by atoms with Crippen LogP contribution in [0.5, 0.6) is 0 Å². The minimum absolute atomic E-state index is 0.287. The van der Waals surface area contributed by atoms with Gasteiger partial charge in [-0.15, -0.1) is 0 Å². The second-order valence-corrected chi connectivity index (χ2v) is 4.04. The van der Waals surface area contributed by atoms with E-state index in [-0.39, 0.29) is 6.04 Å². The van der Waals surface area contributed by atoms with Crippen LogP contribution in [0.1, 0.15) is 32.1 Å². The molecule has 0 amide bonds. The Morgan fingerprint density at radius 3 is 2.19 bits per heavy atom. The quantitative estimate of drug-likeness (QED) is 0.324. The first-order valence-corrected chi connectivity index (χ1v) is 5.61. The third-order valence-electron chi connectivity index (χ3n) is 2.58. The molecule has 0 radical (unpaired) electrons. The molecule has 6 nitrogen and oxygen atoms in total. The van der Waals surface area contributed by atoms with E-state index in [0.717, 1.165) is 6.42 Å². The van der Waals surface area contributed by atoms with Crippen LogP contribution in [0.25, 0.3) is 0 Å². The summed E-state index contributed by atoms with van der Waals surface area (Å²) in [6.45, 7) is 0.415. The van der Waals surface area contributed by atoms with E-state index in [1.165, 1.54) is 0 Å². The van der Waals surface area contributed by atoms with Crippen molar-refractivity contribution in [2.75, 3.05) is 6.54 Å². The number of unbranched alkanes of at least 4 members (excludes halogenated alkanes) is 1. The second kappa shape index (κ2) is 8.46. The first kappa shape index (κ1) is 15.3. The zero-order valence-electron chi connectivity index (χ0n) is 9.51. The molecule has 0 aromatic heterocycles. The summed E-state index contributed by atoms with van der Waals surface area (Å²) in [6.07, 6.45) is 2.50. The van der Waals surface area contributed by atoms with E-state index in [1.807, 2.05) is 0 Å². The summed E-state index contributed by atoms with van der Waals surface area (Å²) in [5.41, 5.74) is 16.4. The van der Waals surface area contributed by atoms with E-state index in [1.54, 1.807) is 0 Å². The molecule has 0 aromatic rings. The van der Waals surface area contributed by atoms with Gasteiger partial charge in [0.1, 0.15) is 6.04 Å². The maximum Gasteiger partial charge on any atom is 0.320 e. The second-order valence-electron chi connectivity index (χ2n) is 4.04. The zero-order valence-corrected chi connectivity index (χ0v) is 9.51. The Hall–Kier alpha value is -0.690. The van der Waals surface area contributed by atoms with Crippen molar-refractivity contribution >= 4 is 5.97 Å². The van der Waals surface area contributed by atoms with E-state index in [2.05, 4.69) is 0 Å². The van der Waals surface area contributed by atoms with Gasteiger partial charge in [0, 0.05) is 6.04 Å². The topological polar surface area (TPSA) is 136 Å². The van der Waals surface area contributed by atoms with Crippen molar-refractivity contribution in [3.05, 3.63) is 0 Å². The first-order chi connectivity index (χ1) is 7.49. The van der Waals surface area contributed by atoms with Crippen molar-refractivity contribution in [1.29, 1.82) is 0 Å². The number of aliphatic hydroxyl groups excluding tert-OH is 1. The SMILES string of the molecule is NCCC(O)C(N)CCCC[C@@H](N)C(=O)O. The van der Waals surface area contributed by atoms with Gasteiger partial charge in [-0.25, -0.2) is 0 Å². The van der Waals surface area contributed by atoms with Gasteiger partial charge in [-0.1, -0.05) is 12.8 Å². The van der Waals surface area contributed by atoms with E-state index in [0.29, 0.717) is 32.2 Å². The molecule has 0 aromatic carbocycles. The van der Waals surface area contributed by atoms with Crippen LogP contribution in [0, 0.1) is 0 Å². The van der Waals surface area contributed by atoms with Crippen LogP contribution in [0.4, 0.5) is 0 Å². The summed E-state index contributed by atoms with van der Waals surface area (Å²) in [6, 6.07) is -1.09. The van der Waals surface area contributed by atoms with Gasteiger partial charge in [0.05, 0.1) is 6.10 Å². The third-order valence-corrected chi connectivity index (χ3v) is 2.58. The average molecular weight is 233 g/mol. The Kier molecular flexibility index (Phi) is 8.10. The Morgan fingerprint density at radius 2 is 1.69 bits per heavy atom. The van der Waals surface area contributed by atoms with Gasteiger partial charge < -0.3 is 27.4 Å². The summed E-state index contributed by atoms with van der Waals surface area (Å²) in [5.74, 6) is -0.979. The van der Waals surface area contributed by atoms with Crippen molar-refractivity contribution < 1.29 is 15.0 Å². The van der Waals surface area contributed by atoms with E-state index < -0.39 is 18.1 Å². The van der Waals surface area contributed by atoms with Gasteiger partial charge in [0.15, 0.2) is 0 Å². The number of rotatable bonds is 9. The summed E-state index contributed by atoms with van der Waals surface area (Å²) in [4.78, 5) is 10.4.